The highest BCUT2D eigenvalue weighted by atomic mass is 35.5. The van der Waals surface area contributed by atoms with E-state index in [9.17, 15) is 0 Å². The first-order valence-corrected chi connectivity index (χ1v) is 6.63. The lowest BCUT2D eigenvalue weighted by atomic mass is 9.99. The van der Waals surface area contributed by atoms with Gasteiger partial charge in [0.05, 0.1) is 0 Å². The summed E-state index contributed by atoms with van der Waals surface area (Å²) in [6, 6.07) is 8.12. The average molecular weight is 253 g/mol. The second kappa shape index (κ2) is 5.38. The minimum Gasteiger partial charge on any atom is -0.310 e. The Hall–Kier alpha value is -0.570. The Bertz CT molecular complexity index is 355. The molecule has 1 heterocycles. The predicted octanol–water partition coefficient (Wildman–Crippen LogP) is 2.91. The lowest BCUT2D eigenvalue weighted by molar-refractivity contribution is 0.234. The first-order valence-electron chi connectivity index (χ1n) is 6.25. The van der Waals surface area contributed by atoms with Crippen molar-refractivity contribution in [3.63, 3.8) is 0 Å². The van der Waals surface area contributed by atoms with Gasteiger partial charge < -0.3 is 10.2 Å². The third-order valence-corrected chi connectivity index (χ3v) is 3.69. The Morgan fingerprint density at radius 3 is 2.65 bits per heavy atom. The fourth-order valence-electron chi connectivity index (χ4n) is 2.65. The van der Waals surface area contributed by atoms with Crippen LogP contribution in [0, 0.1) is 0 Å². The molecule has 17 heavy (non-hydrogen) atoms. The SMILES string of the molecule is CN(Cc1ccc(Cl)cc1)CC1(C)CCCN1. The largest absolute Gasteiger partial charge is 0.310 e. The van der Waals surface area contributed by atoms with E-state index in [4.69, 9.17) is 11.6 Å². The Kier molecular flexibility index (Phi) is 4.08. The average Bonchev–Trinajstić information content (AvgIpc) is 2.68. The minimum atomic E-state index is 0.293. The van der Waals surface area contributed by atoms with Crippen LogP contribution in [0.2, 0.25) is 5.02 Å². The van der Waals surface area contributed by atoms with E-state index >= 15 is 0 Å². The fraction of sp³-hybridized carbons (Fsp3) is 0.571. The van der Waals surface area contributed by atoms with Gasteiger partial charge in [0.2, 0.25) is 0 Å². The molecule has 1 aliphatic heterocycles. The number of likely N-dealkylation sites (N-methyl/N-ethyl adjacent to an activating group) is 1. The zero-order chi connectivity index (χ0) is 12.3. The summed E-state index contributed by atoms with van der Waals surface area (Å²) in [6.45, 7) is 5.55. The maximum atomic E-state index is 5.88. The van der Waals surface area contributed by atoms with Crippen LogP contribution in [-0.4, -0.2) is 30.6 Å². The van der Waals surface area contributed by atoms with Crippen LogP contribution in [0.3, 0.4) is 0 Å². The molecular weight excluding hydrogens is 232 g/mol. The number of benzene rings is 1. The van der Waals surface area contributed by atoms with Crippen LogP contribution in [0.25, 0.3) is 0 Å². The smallest absolute Gasteiger partial charge is 0.0406 e. The van der Waals surface area contributed by atoms with Crippen molar-refractivity contribution in [3.8, 4) is 0 Å². The molecule has 0 aliphatic carbocycles. The molecule has 3 heteroatoms. The van der Waals surface area contributed by atoms with Crippen LogP contribution in [0.1, 0.15) is 25.3 Å². The Morgan fingerprint density at radius 2 is 2.06 bits per heavy atom. The first-order chi connectivity index (χ1) is 8.07. The topological polar surface area (TPSA) is 15.3 Å². The molecule has 0 radical (unpaired) electrons. The number of hydrogen-bond donors (Lipinski definition) is 1. The van der Waals surface area contributed by atoms with Gasteiger partial charge in [0.1, 0.15) is 0 Å². The molecule has 1 N–H and O–H groups in total. The summed E-state index contributed by atoms with van der Waals surface area (Å²) in [5.41, 5.74) is 1.61. The van der Waals surface area contributed by atoms with Crippen LogP contribution < -0.4 is 5.32 Å². The molecule has 0 saturated carbocycles. The van der Waals surface area contributed by atoms with Crippen LogP contribution in [0.5, 0.6) is 0 Å². The maximum absolute atomic E-state index is 5.88. The highest BCUT2D eigenvalue weighted by Gasteiger charge is 2.28. The van der Waals surface area contributed by atoms with Gasteiger partial charge >= 0.3 is 0 Å². The summed E-state index contributed by atoms with van der Waals surface area (Å²) >= 11 is 5.88. The van der Waals surface area contributed by atoms with Gasteiger partial charge in [-0.1, -0.05) is 23.7 Å². The fourth-order valence-corrected chi connectivity index (χ4v) is 2.77. The Labute approximate surface area is 109 Å². The molecule has 1 aliphatic rings. The number of halogens is 1. The van der Waals surface area contributed by atoms with Gasteiger partial charge in [-0.3, -0.25) is 0 Å². The van der Waals surface area contributed by atoms with Crippen LogP contribution in [-0.2, 0) is 6.54 Å². The van der Waals surface area contributed by atoms with Gasteiger partial charge in [0.15, 0.2) is 0 Å². The van der Waals surface area contributed by atoms with E-state index in [1.807, 2.05) is 12.1 Å². The van der Waals surface area contributed by atoms with Crippen molar-refractivity contribution in [2.45, 2.75) is 31.8 Å². The lowest BCUT2D eigenvalue weighted by Gasteiger charge is -2.30. The van der Waals surface area contributed by atoms with E-state index in [1.54, 1.807) is 0 Å². The molecule has 0 aromatic heterocycles. The molecule has 1 saturated heterocycles. The van der Waals surface area contributed by atoms with E-state index in [2.05, 4.69) is 36.3 Å². The van der Waals surface area contributed by atoms with Crippen LogP contribution in [0.4, 0.5) is 0 Å². The van der Waals surface area contributed by atoms with E-state index in [0.29, 0.717) is 5.54 Å². The summed E-state index contributed by atoms with van der Waals surface area (Å²) in [4.78, 5) is 2.38. The van der Waals surface area contributed by atoms with E-state index < -0.39 is 0 Å². The molecular formula is C14H21ClN2. The first kappa shape index (κ1) is 12.9. The van der Waals surface area contributed by atoms with Crippen molar-refractivity contribution in [2.75, 3.05) is 20.1 Å². The van der Waals surface area contributed by atoms with Crippen molar-refractivity contribution < 1.29 is 0 Å². The quantitative estimate of drug-likeness (QED) is 0.887. The maximum Gasteiger partial charge on any atom is 0.0406 e. The number of hydrogen-bond acceptors (Lipinski definition) is 2. The summed E-state index contributed by atoms with van der Waals surface area (Å²) < 4.78 is 0. The van der Waals surface area contributed by atoms with Crippen molar-refractivity contribution in [1.82, 2.24) is 10.2 Å². The summed E-state index contributed by atoms with van der Waals surface area (Å²) in [5.74, 6) is 0. The molecule has 1 aromatic carbocycles. The third kappa shape index (κ3) is 3.70. The molecule has 2 nitrogen and oxygen atoms in total. The highest BCUT2D eigenvalue weighted by Crippen LogP contribution is 2.20. The minimum absolute atomic E-state index is 0.293. The van der Waals surface area contributed by atoms with Gasteiger partial charge in [-0.15, -0.1) is 0 Å². The standard InChI is InChI=1S/C14H21ClN2/c1-14(8-3-9-16-14)11-17(2)10-12-4-6-13(15)7-5-12/h4-7,16H,3,8-11H2,1-2H3. The van der Waals surface area contributed by atoms with E-state index in [-0.39, 0.29) is 0 Å². The molecule has 1 atom stereocenters. The van der Waals surface area contributed by atoms with Crippen molar-refractivity contribution in [1.29, 1.82) is 0 Å². The van der Waals surface area contributed by atoms with Gasteiger partial charge in [-0.25, -0.2) is 0 Å². The van der Waals surface area contributed by atoms with Gasteiger partial charge in [-0.05, 0) is 51.1 Å². The second-order valence-electron chi connectivity index (χ2n) is 5.39. The van der Waals surface area contributed by atoms with Gasteiger partial charge in [0, 0.05) is 23.7 Å². The molecule has 1 fully saturated rings. The van der Waals surface area contributed by atoms with Crippen molar-refractivity contribution in [2.24, 2.45) is 0 Å². The zero-order valence-corrected chi connectivity index (χ0v) is 11.4. The Balaban J connectivity index is 1.88. The van der Waals surface area contributed by atoms with Crippen molar-refractivity contribution >= 4 is 11.6 Å². The molecule has 0 amide bonds. The summed E-state index contributed by atoms with van der Waals surface area (Å²) in [7, 11) is 2.18. The normalized spacial score (nSPS) is 24.5. The third-order valence-electron chi connectivity index (χ3n) is 3.44. The zero-order valence-electron chi connectivity index (χ0n) is 10.7. The number of nitrogens with zero attached hydrogens (tertiary/aromatic N) is 1. The highest BCUT2D eigenvalue weighted by molar-refractivity contribution is 6.30. The molecule has 1 aromatic rings. The van der Waals surface area contributed by atoms with Crippen molar-refractivity contribution in [3.05, 3.63) is 34.9 Å². The lowest BCUT2D eigenvalue weighted by Crippen LogP contribution is -2.46. The molecule has 94 valence electrons. The Morgan fingerprint density at radius 1 is 1.35 bits per heavy atom. The molecule has 2 rings (SSSR count). The van der Waals surface area contributed by atoms with Crippen LogP contribution in [0.15, 0.2) is 24.3 Å². The summed E-state index contributed by atoms with van der Waals surface area (Å²) in [5, 5.41) is 4.40. The van der Waals surface area contributed by atoms with E-state index in [1.165, 1.54) is 18.4 Å². The van der Waals surface area contributed by atoms with Crippen LogP contribution >= 0.6 is 11.6 Å². The molecule has 0 bridgehead atoms. The molecule has 0 spiro atoms. The second-order valence-corrected chi connectivity index (χ2v) is 5.83. The number of nitrogens with one attached hydrogen (secondary N) is 1. The molecule has 1 unspecified atom stereocenters. The van der Waals surface area contributed by atoms with Gasteiger partial charge in [-0.2, -0.15) is 0 Å². The van der Waals surface area contributed by atoms with Gasteiger partial charge in [0.25, 0.3) is 0 Å². The number of rotatable bonds is 4. The van der Waals surface area contributed by atoms with E-state index in [0.717, 1.165) is 24.7 Å². The monoisotopic (exact) mass is 252 g/mol. The predicted molar refractivity (Wildman–Crippen MR) is 73.4 cm³/mol. The summed E-state index contributed by atoms with van der Waals surface area (Å²) in [6.07, 6.45) is 2.57.